The second-order valence-corrected chi connectivity index (χ2v) is 5.18. The van der Waals surface area contributed by atoms with Crippen molar-refractivity contribution in [3.8, 4) is 0 Å². The zero-order chi connectivity index (χ0) is 14.4. The van der Waals surface area contributed by atoms with Crippen molar-refractivity contribution in [2.75, 3.05) is 31.6 Å². The first kappa shape index (κ1) is 14.9. The lowest BCUT2D eigenvalue weighted by Gasteiger charge is -2.23. The number of ether oxygens (including phenoxy) is 1. The zero-order valence-electron chi connectivity index (χ0n) is 12.4. The molecular weight excluding hydrogens is 252 g/mol. The fourth-order valence-electron chi connectivity index (χ4n) is 2.69. The predicted molar refractivity (Wildman–Crippen MR) is 81.1 cm³/mol. The molecular formula is C16H24N2O2. The lowest BCUT2D eigenvalue weighted by Crippen LogP contribution is -2.40. The zero-order valence-corrected chi connectivity index (χ0v) is 12.4. The number of anilines is 1. The van der Waals surface area contributed by atoms with Crippen molar-refractivity contribution in [1.82, 2.24) is 5.32 Å². The lowest BCUT2D eigenvalue weighted by atomic mass is 10.1. The highest BCUT2D eigenvalue weighted by molar-refractivity contribution is 5.75. The summed E-state index contributed by atoms with van der Waals surface area (Å²) in [5.41, 5.74) is 2.72. The van der Waals surface area contributed by atoms with Gasteiger partial charge in [0.15, 0.2) is 0 Å². The number of hydrogen-bond donors (Lipinski definition) is 1. The molecule has 110 valence electrons. The van der Waals surface area contributed by atoms with Crippen LogP contribution in [0.4, 0.5) is 5.69 Å². The topological polar surface area (TPSA) is 41.6 Å². The van der Waals surface area contributed by atoms with E-state index in [-0.39, 0.29) is 12.0 Å². The number of para-hydroxylation sites is 1. The van der Waals surface area contributed by atoms with Crippen molar-refractivity contribution in [1.29, 1.82) is 0 Å². The quantitative estimate of drug-likeness (QED) is 0.773. The summed E-state index contributed by atoms with van der Waals surface area (Å²) in [6.07, 6.45) is 2.89. The normalized spacial score (nSPS) is 15.0. The molecule has 1 aromatic rings. The second-order valence-electron chi connectivity index (χ2n) is 5.18. The first-order chi connectivity index (χ1) is 9.76. The molecule has 0 fully saturated rings. The molecule has 1 atom stereocenters. The van der Waals surface area contributed by atoms with Gasteiger partial charge in [0.1, 0.15) is 6.04 Å². The van der Waals surface area contributed by atoms with Gasteiger partial charge in [0.05, 0.1) is 7.11 Å². The fourth-order valence-corrected chi connectivity index (χ4v) is 2.69. The largest absolute Gasteiger partial charge is 0.468 e. The van der Waals surface area contributed by atoms with Crippen molar-refractivity contribution in [3.63, 3.8) is 0 Å². The summed E-state index contributed by atoms with van der Waals surface area (Å²) in [4.78, 5) is 14.1. The van der Waals surface area contributed by atoms with E-state index in [9.17, 15) is 4.79 Å². The minimum absolute atomic E-state index is 0.161. The van der Waals surface area contributed by atoms with E-state index in [2.05, 4.69) is 41.4 Å². The van der Waals surface area contributed by atoms with Gasteiger partial charge in [0.25, 0.3) is 0 Å². The van der Waals surface area contributed by atoms with Crippen LogP contribution >= 0.6 is 0 Å². The van der Waals surface area contributed by atoms with E-state index < -0.39 is 0 Å². The molecule has 0 aliphatic carbocycles. The van der Waals surface area contributed by atoms with Crippen LogP contribution in [0.15, 0.2) is 24.3 Å². The van der Waals surface area contributed by atoms with Gasteiger partial charge in [-0.3, -0.25) is 4.79 Å². The Morgan fingerprint density at radius 3 is 3.00 bits per heavy atom. The van der Waals surface area contributed by atoms with E-state index >= 15 is 0 Å². The van der Waals surface area contributed by atoms with Gasteiger partial charge in [-0.05, 0) is 37.4 Å². The molecule has 0 spiro atoms. The highest BCUT2D eigenvalue weighted by atomic mass is 16.5. The number of benzene rings is 1. The third-order valence-electron chi connectivity index (χ3n) is 3.80. The molecule has 0 aromatic heterocycles. The Kier molecular flexibility index (Phi) is 5.41. The van der Waals surface area contributed by atoms with Crippen LogP contribution in [0, 0.1) is 0 Å². The Morgan fingerprint density at radius 1 is 1.45 bits per heavy atom. The van der Waals surface area contributed by atoms with Crippen molar-refractivity contribution in [2.24, 2.45) is 0 Å². The molecule has 0 amide bonds. The Hall–Kier alpha value is -1.55. The van der Waals surface area contributed by atoms with E-state index in [0.29, 0.717) is 0 Å². The van der Waals surface area contributed by atoms with E-state index in [4.69, 9.17) is 4.74 Å². The summed E-state index contributed by atoms with van der Waals surface area (Å²) in [7, 11) is 1.45. The highest BCUT2D eigenvalue weighted by Crippen LogP contribution is 2.27. The Labute approximate surface area is 121 Å². The third-order valence-corrected chi connectivity index (χ3v) is 3.80. The fraction of sp³-hybridized carbons (Fsp3) is 0.562. The minimum Gasteiger partial charge on any atom is -0.468 e. The Morgan fingerprint density at radius 2 is 2.25 bits per heavy atom. The number of nitrogens with one attached hydrogen (secondary N) is 1. The maximum Gasteiger partial charge on any atom is 0.322 e. The lowest BCUT2D eigenvalue weighted by molar-refractivity contribution is -0.143. The van der Waals surface area contributed by atoms with Gasteiger partial charge < -0.3 is 15.0 Å². The van der Waals surface area contributed by atoms with Gasteiger partial charge in [-0.15, -0.1) is 0 Å². The van der Waals surface area contributed by atoms with Crippen LogP contribution in [0.25, 0.3) is 0 Å². The van der Waals surface area contributed by atoms with Crippen LogP contribution in [0.5, 0.6) is 0 Å². The van der Waals surface area contributed by atoms with Gasteiger partial charge in [-0.1, -0.05) is 25.1 Å². The van der Waals surface area contributed by atoms with Gasteiger partial charge >= 0.3 is 5.97 Å². The Balaban J connectivity index is 1.91. The number of nitrogens with zero attached hydrogens (tertiary/aromatic N) is 1. The van der Waals surface area contributed by atoms with Crippen LogP contribution in [0.2, 0.25) is 0 Å². The summed E-state index contributed by atoms with van der Waals surface area (Å²) in [6, 6.07) is 8.30. The Bertz CT molecular complexity index is 448. The standard InChI is InChI=1S/C16H24N2O2/c1-3-10-17-14(16(19)20-2)9-12-18-11-8-13-6-4-5-7-15(13)18/h4-7,14,17H,3,8-12H2,1-2H3. The van der Waals surface area contributed by atoms with Crippen molar-refractivity contribution >= 4 is 11.7 Å². The maximum atomic E-state index is 11.8. The molecule has 0 radical (unpaired) electrons. The highest BCUT2D eigenvalue weighted by Gasteiger charge is 2.22. The van der Waals surface area contributed by atoms with Gasteiger partial charge in [0, 0.05) is 18.8 Å². The van der Waals surface area contributed by atoms with E-state index in [1.165, 1.54) is 18.4 Å². The SMILES string of the molecule is CCCNC(CCN1CCc2ccccc21)C(=O)OC. The van der Waals surface area contributed by atoms with E-state index in [1.54, 1.807) is 0 Å². The van der Waals surface area contributed by atoms with Crippen LogP contribution < -0.4 is 10.2 Å². The third kappa shape index (κ3) is 3.51. The molecule has 4 heteroatoms. The van der Waals surface area contributed by atoms with E-state index in [0.717, 1.165) is 38.9 Å². The first-order valence-corrected chi connectivity index (χ1v) is 7.40. The molecule has 1 heterocycles. The molecule has 1 unspecified atom stereocenters. The second kappa shape index (κ2) is 7.29. The van der Waals surface area contributed by atoms with Gasteiger partial charge in [-0.2, -0.15) is 0 Å². The molecule has 0 bridgehead atoms. The average Bonchev–Trinajstić information content (AvgIpc) is 2.90. The molecule has 1 aliphatic rings. The molecule has 0 saturated carbocycles. The molecule has 4 nitrogen and oxygen atoms in total. The molecule has 20 heavy (non-hydrogen) atoms. The first-order valence-electron chi connectivity index (χ1n) is 7.40. The smallest absolute Gasteiger partial charge is 0.322 e. The van der Waals surface area contributed by atoms with Crippen LogP contribution in [0.1, 0.15) is 25.3 Å². The number of esters is 1. The summed E-state index contributed by atoms with van der Waals surface area (Å²) in [5.74, 6) is -0.161. The average molecular weight is 276 g/mol. The van der Waals surface area contributed by atoms with E-state index in [1.807, 2.05) is 0 Å². The number of carbonyl (C=O) groups excluding carboxylic acids is 1. The molecule has 0 saturated heterocycles. The number of rotatable bonds is 7. The van der Waals surface area contributed by atoms with Crippen LogP contribution in [-0.4, -0.2) is 38.8 Å². The number of carbonyl (C=O) groups is 1. The van der Waals surface area contributed by atoms with Crippen molar-refractivity contribution in [3.05, 3.63) is 29.8 Å². The van der Waals surface area contributed by atoms with Crippen molar-refractivity contribution in [2.45, 2.75) is 32.2 Å². The molecule has 2 rings (SSSR count). The summed E-state index contributed by atoms with van der Waals surface area (Å²) >= 11 is 0. The summed E-state index contributed by atoms with van der Waals surface area (Å²) < 4.78 is 4.87. The monoisotopic (exact) mass is 276 g/mol. The minimum atomic E-state index is -0.201. The van der Waals surface area contributed by atoms with Gasteiger partial charge in [-0.25, -0.2) is 0 Å². The summed E-state index contributed by atoms with van der Waals surface area (Å²) in [6.45, 7) is 4.86. The maximum absolute atomic E-state index is 11.8. The molecule has 1 N–H and O–H groups in total. The van der Waals surface area contributed by atoms with Gasteiger partial charge in [0.2, 0.25) is 0 Å². The summed E-state index contributed by atoms with van der Waals surface area (Å²) in [5, 5.41) is 3.27. The molecule has 1 aromatic carbocycles. The van der Waals surface area contributed by atoms with Crippen molar-refractivity contribution < 1.29 is 9.53 Å². The van der Waals surface area contributed by atoms with Crippen LogP contribution in [0.3, 0.4) is 0 Å². The number of methoxy groups -OCH3 is 1. The number of hydrogen-bond acceptors (Lipinski definition) is 4. The predicted octanol–water partition coefficient (Wildman–Crippen LogP) is 1.98. The molecule has 1 aliphatic heterocycles. The number of fused-ring (bicyclic) bond motifs is 1. The van der Waals surface area contributed by atoms with Crippen LogP contribution in [-0.2, 0) is 16.0 Å².